The summed E-state index contributed by atoms with van der Waals surface area (Å²) in [5.74, 6) is 0.357. The minimum Gasteiger partial charge on any atom is -0.382 e. The Balaban J connectivity index is 2.92. The number of halogens is 2. The Bertz CT molecular complexity index is 438. The molecule has 0 aliphatic rings. The smallest absolute Gasteiger partial charge is 0.225 e. The Morgan fingerprint density at radius 3 is 3.00 bits per heavy atom. The molecule has 0 fully saturated rings. The molecule has 0 spiro atoms. The van der Waals surface area contributed by atoms with Crippen molar-refractivity contribution < 1.29 is 0 Å². The molecule has 2 rings (SSSR count). The summed E-state index contributed by atoms with van der Waals surface area (Å²) in [5.41, 5.74) is 6.98. The van der Waals surface area contributed by atoms with Gasteiger partial charge in [0.25, 0.3) is 0 Å². The molecule has 0 unspecified atom stereocenters. The summed E-state index contributed by atoms with van der Waals surface area (Å²) in [4.78, 5) is 10.7. The minimum absolute atomic E-state index is 0.153. The molecule has 0 radical (unpaired) electrons. The van der Waals surface area contributed by atoms with Gasteiger partial charge in [0.1, 0.15) is 11.0 Å². The normalized spacial score (nSPS) is 10.8. The van der Waals surface area contributed by atoms with Gasteiger partial charge in [-0.1, -0.05) is 0 Å². The van der Waals surface area contributed by atoms with Crippen LogP contribution in [0.25, 0.3) is 11.0 Å². The number of H-pyrrole nitrogens is 1. The van der Waals surface area contributed by atoms with Crippen LogP contribution in [0.5, 0.6) is 0 Å². The third kappa shape index (κ3) is 1.05. The summed E-state index contributed by atoms with van der Waals surface area (Å²) in [7, 11) is 0. The zero-order valence-electron chi connectivity index (χ0n) is 5.81. The van der Waals surface area contributed by atoms with E-state index in [9.17, 15) is 0 Å². The van der Waals surface area contributed by atoms with Crippen LogP contribution in [0, 0.1) is 0 Å². The molecular formula is C6H4BrClN4. The molecule has 0 aromatic carbocycles. The summed E-state index contributed by atoms with van der Waals surface area (Å²) >= 11 is 8.92. The van der Waals surface area contributed by atoms with Crippen molar-refractivity contribution in [2.24, 2.45) is 0 Å². The van der Waals surface area contributed by atoms with Gasteiger partial charge in [-0.25, -0.2) is 4.98 Å². The highest BCUT2D eigenvalue weighted by molar-refractivity contribution is 9.10. The van der Waals surface area contributed by atoms with Crippen LogP contribution in [0.2, 0.25) is 5.28 Å². The number of fused-ring (bicyclic) bond motifs is 1. The third-order valence-electron chi connectivity index (χ3n) is 1.48. The van der Waals surface area contributed by atoms with Gasteiger partial charge in [-0.15, -0.1) is 0 Å². The van der Waals surface area contributed by atoms with Crippen LogP contribution in [0.1, 0.15) is 0 Å². The summed E-state index contributed by atoms with van der Waals surface area (Å²) in [6, 6.07) is 0. The zero-order chi connectivity index (χ0) is 8.72. The Hall–Kier alpha value is -0.810. The molecule has 0 saturated carbocycles. The molecule has 2 aromatic heterocycles. The predicted molar refractivity (Wildman–Crippen MR) is 51.0 cm³/mol. The molecule has 0 bridgehead atoms. The molecule has 0 amide bonds. The topological polar surface area (TPSA) is 67.6 Å². The van der Waals surface area contributed by atoms with Crippen LogP contribution in [0.4, 0.5) is 5.82 Å². The highest BCUT2D eigenvalue weighted by Crippen LogP contribution is 2.25. The fourth-order valence-electron chi connectivity index (χ4n) is 0.969. The second-order valence-electron chi connectivity index (χ2n) is 2.24. The lowest BCUT2D eigenvalue weighted by Crippen LogP contribution is -1.93. The fourth-order valence-corrected chi connectivity index (χ4v) is 1.55. The lowest BCUT2D eigenvalue weighted by atomic mass is 10.4. The lowest BCUT2D eigenvalue weighted by molar-refractivity contribution is 1.22. The maximum atomic E-state index is 5.62. The van der Waals surface area contributed by atoms with E-state index in [1.165, 1.54) is 0 Å². The van der Waals surface area contributed by atoms with E-state index in [2.05, 4.69) is 30.9 Å². The van der Waals surface area contributed by atoms with E-state index in [4.69, 9.17) is 17.3 Å². The first-order chi connectivity index (χ1) is 5.68. The quantitative estimate of drug-likeness (QED) is 0.699. The van der Waals surface area contributed by atoms with Gasteiger partial charge in [0, 0.05) is 6.20 Å². The number of anilines is 1. The van der Waals surface area contributed by atoms with Crippen molar-refractivity contribution in [1.29, 1.82) is 0 Å². The van der Waals surface area contributed by atoms with E-state index < -0.39 is 0 Å². The number of hydrogen-bond acceptors (Lipinski definition) is 3. The van der Waals surface area contributed by atoms with Crippen LogP contribution >= 0.6 is 27.5 Å². The summed E-state index contributed by atoms with van der Waals surface area (Å²) < 4.78 is 0.827. The van der Waals surface area contributed by atoms with Gasteiger partial charge in [0.15, 0.2) is 5.82 Å². The minimum atomic E-state index is 0.153. The maximum Gasteiger partial charge on any atom is 0.225 e. The molecule has 4 nitrogen and oxygen atoms in total. The Morgan fingerprint density at radius 1 is 1.50 bits per heavy atom. The molecule has 6 heteroatoms. The van der Waals surface area contributed by atoms with Gasteiger partial charge in [-0.3, -0.25) is 0 Å². The number of rotatable bonds is 0. The molecule has 3 N–H and O–H groups in total. The standard InChI is InChI=1S/C6H4BrClN4/c7-2-1-10-4-3(2)11-6(8)12-5(4)9/h1,10H,(H2,9,11,12). The van der Waals surface area contributed by atoms with Crippen molar-refractivity contribution in [3.63, 3.8) is 0 Å². The van der Waals surface area contributed by atoms with Crippen LogP contribution in [-0.2, 0) is 0 Å². The molecule has 0 atom stereocenters. The van der Waals surface area contributed by atoms with Crippen LogP contribution in [0.3, 0.4) is 0 Å². The first kappa shape index (κ1) is 7.82. The molecule has 12 heavy (non-hydrogen) atoms. The SMILES string of the molecule is Nc1nc(Cl)nc2c(Br)c[nH]c12. The molecule has 0 aliphatic heterocycles. The Morgan fingerprint density at radius 2 is 2.25 bits per heavy atom. The van der Waals surface area contributed by atoms with E-state index in [1.54, 1.807) is 6.20 Å². The van der Waals surface area contributed by atoms with Crippen molar-refractivity contribution in [2.75, 3.05) is 5.73 Å². The fraction of sp³-hybridized carbons (Fsp3) is 0. The number of nitrogens with zero attached hydrogens (tertiary/aromatic N) is 2. The first-order valence-corrected chi connectivity index (χ1v) is 4.31. The van der Waals surface area contributed by atoms with Gasteiger partial charge >= 0.3 is 0 Å². The van der Waals surface area contributed by atoms with Gasteiger partial charge in [-0.05, 0) is 27.5 Å². The lowest BCUT2D eigenvalue weighted by Gasteiger charge is -1.95. The monoisotopic (exact) mass is 246 g/mol. The van der Waals surface area contributed by atoms with Gasteiger partial charge in [0.05, 0.1) is 4.47 Å². The maximum absolute atomic E-state index is 5.62. The first-order valence-electron chi connectivity index (χ1n) is 3.14. The predicted octanol–water partition coefficient (Wildman–Crippen LogP) is 1.96. The highest BCUT2D eigenvalue weighted by Gasteiger charge is 2.07. The summed E-state index contributed by atoms with van der Waals surface area (Å²) in [6.45, 7) is 0. The van der Waals surface area contributed by atoms with Crippen molar-refractivity contribution in [3.8, 4) is 0 Å². The average Bonchev–Trinajstić information content (AvgIpc) is 2.33. The number of nitrogen functional groups attached to an aromatic ring is 1. The van der Waals surface area contributed by atoms with Crippen LogP contribution in [-0.4, -0.2) is 15.0 Å². The molecule has 2 heterocycles. The van der Waals surface area contributed by atoms with E-state index in [0.29, 0.717) is 16.9 Å². The van der Waals surface area contributed by atoms with Crippen LogP contribution < -0.4 is 5.73 Å². The molecular weight excluding hydrogens is 243 g/mol. The van der Waals surface area contributed by atoms with Gasteiger partial charge < -0.3 is 10.7 Å². The Labute approximate surface area is 81.3 Å². The molecule has 0 aliphatic carbocycles. The van der Waals surface area contributed by atoms with Crippen molar-refractivity contribution in [2.45, 2.75) is 0 Å². The zero-order valence-corrected chi connectivity index (χ0v) is 8.15. The largest absolute Gasteiger partial charge is 0.382 e. The van der Waals surface area contributed by atoms with E-state index in [0.717, 1.165) is 4.47 Å². The highest BCUT2D eigenvalue weighted by atomic mass is 79.9. The second-order valence-corrected chi connectivity index (χ2v) is 3.43. The molecule has 2 aromatic rings. The molecule has 62 valence electrons. The number of nitrogens with one attached hydrogen (secondary N) is 1. The summed E-state index contributed by atoms with van der Waals surface area (Å²) in [6.07, 6.45) is 1.74. The number of aromatic amines is 1. The number of aromatic nitrogens is 3. The van der Waals surface area contributed by atoms with Gasteiger partial charge in [0.2, 0.25) is 5.28 Å². The Kier molecular flexibility index (Phi) is 1.69. The average molecular weight is 247 g/mol. The third-order valence-corrected chi connectivity index (χ3v) is 2.25. The number of nitrogens with two attached hydrogens (primary N) is 1. The van der Waals surface area contributed by atoms with Crippen molar-refractivity contribution in [3.05, 3.63) is 16.0 Å². The van der Waals surface area contributed by atoms with E-state index in [-0.39, 0.29) is 5.28 Å². The number of hydrogen-bond donors (Lipinski definition) is 2. The van der Waals surface area contributed by atoms with E-state index in [1.807, 2.05) is 0 Å². The second kappa shape index (κ2) is 2.60. The van der Waals surface area contributed by atoms with Gasteiger partial charge in [-0.2, -0.15) is 4.98 Å². The van der Waals surface area contributed by atoms with Crippen LogP contribution in [0.15, 0.2) is 10.7 Å². The van der Waals surface area contributed by atoms with Crippen molar-refractivity contribution >= 4 is 44.4 Å². The molecule has 0 saturated heterocycles. The summed E-state index contributed by atoms with van der Waals surface area (Å²) in [5, 5.41) is 0.153. The van der Waals surface area contributed by atoms with E-state index >= 15 is 0 Å². The van der Waals surface area contributed by atoms with Crippen molar-refractivity contribution in [1.82, 2.24) is 15.0 Å².